The van der Waals surface area contributed by atoms with Crippen molar-refractivity contribution < 1.29 is 9.59 Å². The van der Waals surface area contributed by atoms with Crippen LogP contribution in [-0.4, -0.2) is 17.9 Å². The Kier molecular flexibility index (Phi) is 4.48. The van der Waals surface area contributed by atoms with Crippen LogP contribution in [0.2, 0.25) is 0 Å². The maximum Gasteiger partial charge on any atom is 0.256 e. The van der Waals surface area contributed by atoms with Crippen molar-refractivity contribution in [3.63, 3.8) is 0 Å². The molecule has 2 aromatic carbocycles. The van der Waals surface area contributed by atoms with E-state index in [9.17, 15) is 9.59 Å². The summed E-state index contributed by atoms with van der Waals surface area (Å²) in [5.41, 5.74) is 2.16. The lowest BCUT2D eigenvalue weighted by Gasteiger charge is -2.21. The van der Waals surface area contributed by atoms with Gasteiger partial charge in [0.1, 0.15) is 0 Å². The van der Waals surface area contributed by atoms with Crippen molar-refractivity contribution in [3.8, 4) is 0 Å². The summed E-state index contributed by atoms with van der Waals surface area (Å²) < 4.78 is 0.755. The van der Waals surface area contributed by atoms with Crippen LogP contribution in [0.4, 0.5) is 11.4 Å². The van der Waals surface area contributed by atoms with Gasteiger partial charge in [-0.25, -0.2) is 0 Å². The summed E-state index contributed by atoms with van der Waals surface area (Å²) in [5, 5.41) is 2.87. The zero-order valence-electron chi connectivity index (χ0n) is 12.8. The van der Waals surface area contributed by atoms with E-state index in [-0.39, 0.29) is 11.8 Å². The Labute approximate surface area is 143 Å². The fourth-order valence-corrected chi connectivity index (χ4v) is 3.00. The average molecular weight is 373 g/mol. The molecule has 0 aromatic heterocycles. The number of anilines is 2. The van der Waals surface area contributed by atoms with Gasteiger partial charge >= 0.3 is 0 Å². The van der Waals surface area contributed by atoms with Crippen LogP contribution in [0, 0.1) is 0 Å². The third kappa shape index (κ3) is 3.62. The van der Waals surface area contributed by atoms with Crippen LogP contribution in [0.5, 0.6) is 0 Å². The van der Waals surface area contributed by atoms with Crippen LogP contribution in [0.1, 0.15) is 30.1 Å². The molecule has 2 aromatic rings. The van der Waals surface area contributed by atoms with E-state index in [0.717, 1.165) is 23.0 Å². The average Bonchev–Trinajstić information content (AvgIpc) is 3.34. The molecule has 0 heterocycles. The maximum atomic E-state index is 12.3. The fraction of sp³-hybridized carbons (Fsp3) is 0.222. The van der Waals surface area contributed by atoms with Gasteiger partial charge in [0.25, 0.3) is 5.91 Å². The van der Waals surface area contributed by atoms with Crippen molar-refractivity contribution in [2.75, 3.05) is 10.2 Å². The highest BCUT2D eigenvalue weighted by atomic mass is 79.9. The second-order valence-corrected chi connectivity index (χ2v) is 6.46. The van der Waals surface area contributed by atoms with Crippen LogP contribution in [0.15, 0.2) is 53.0 Å². The third-order valence-electron chi connectivity index (χ3n) is 3.77. The number of carbonyl (C=O) groups excluding carboxylic acids is 2. The van der Waals surface area contributed by atoms with Crippen molar-refractivity contribution in [2.24, 2.45) is 0 Å². The Morgan fingerprint density at radius 1 is 1.09 bits per heavy atom. The van der Waals surface area contributed by atoms with Gasteiger partial charge in [-0.15, -0.1) is 0 Å². The van der Waals surface area contributed by atoms with Crippen molar-refractivity contribution >= 4 is 39.1 Å². The molecule has 0 saturated heterocycles. The highest BCUT2D eigenvalue weighted by Crippen LogP contribution is 2.32. The summed E-state index contributed by atoms with van der Waals surface area (Å²) in [6.45, 7) is 1.58. The maximum absolute atomic E-state index is 12.3. The molecule has 0 bridgehead atoms. The summed E-state index contributed by atoms with van der Waals surface area (Å²) in [6.07, 6.45) is 2.11. The molecule has 1 saturated carbocycles. The smallest absolute Gasteiger partial charge is 0.256 e. The molecule has 0 radical (unpaired) electrons. The van der Waals surface area contributed by atoms with Crippen LogP contribution in [-0.2, 0) is 4.79 Å². The number of hydrogen-bond acceptors (Lipinski definition) is 2. The first kappa shape index (κ1) is 15.7. The Morgan fingerprint density at radius 2 is 1.74 bits per heavy atom. The van der Waals surface area contributed by atoms with E-state index >= 15 is 0 Å². The third-order valence-corrected chi connectivity index (χ3v) is 4.46. The molecular weight excluding hydrogens is 356 g/mol. The molecule has 1 fully saturated rings. The zero-order chi connectivity index (χ0) is 16.4. The molecule has 5 heteroatoms. The molecule has 1 aliphatic carbocycles. The molecule has 0 aliphatic heterocycles. The number of halogens is 1. The van der Waals surface area contributed by atoms with Gasteiger partial charge in [0.05, 0.1) is 5.56 Å². The van der Waals surface area contributed by atoms with Crippen molar-refractivity contribution in [3.05, 3.63) is 58.6 Å². The predicted molar refractivity (Wildman–Crippen MR) is 94.7 cm³/mol. The van der Waals surface area contributed by atoms with E-state index in [0.29, 0.717) is 17.3 Å². The molecule has 118 valence electrons. The van der Waals surface area contributed by atoms with Crippen molar-refractivity contribution in [1.82, 2.24) is 0 Å². The lowest BCUT2D eigenvalue weighted by atomic mass is 10.2. The first-order valence-electron chi connectivity index (χ1n) is 7.52. The summed E-state index contributed by atoms with van der Waals surface area (Å²) in [5.74, 6) is -0.117. The number of nitrogens with zero attached hydrogens (tertiary/aromatic N) is 1. The van der Waals surface area contributed by atoms with Crippen molar-refractivity contribution in [1.29, 1.82) is 0 Å². The molecule has 0 spiro atoms. The molecule has 0 atom stereocenters. The molecular formula is C18H17BrN2O2. The summed E-state index contributed by atoms with van der Waals surface area (Å²) >= 11 is 3.37. The van der Waals surface area contributed by atoms with Gasteiger partial charge in [-0.2, -0.15) is 0 Å². The van der Waals surface area contributed by atoms with Gasteiger partial charge in [-0.05, 0) is 65.2 Å². The highest BCUT2D eigenvalue weighted by Gasteiger charge is 2.31. The number of amides is 2. The number of hydrogen-bond donors (Lipinski definition) is 1. The standard InChI is InChI=1S/C18H17BrN2O2/c1-12(22)21(15-10-11-15)14-8-6-13(7-9-14)20-18(23)16-4-2-3-5-17(16)19/h2-9,15H,10-11H2,1H3,(H,20,23). The Hall–Kier alpha value is -2.14. The number of nitrogens with one attached hydrogen (secondary N) is 1. The van der Waals surface area contributed by atoms with E-state index in [1.807, 2.05) is 47.4 Å². The Balaban J connectivity index is 1.74. The van der Waals surface area contributed by atoms with Gasteiger partial charge in [0, 0.05) is 28.8 Å². The Bertz CT molecular complexity index is 739. The second kappa shape index (κ2) is 6.54. The van der Waals surface area contributed by atoms with Gasteiger partial charge < -0.3 is 10.2 Å². The topological polar surface area (TPSA) is 49.4 Å². The number of benzene rings is 2. The zero-order valence-corrected chi connectivity index (χ0v) is 14.3. The molecule has 23 heavy (non-hydrogen) atoms. The van der Waals surface area contributed by atoms with E-state index in [2.05, 4.69) is 21.2 Å². The second-order valence-electron chi connectivity index (χ2n) is 5.60. The van der Waals surface area contributed by atoms with Gasteiger partial charge in [0.15, 0.2) is 0 Å². The van der Waals surface area contributed by atoms with Crippen LogP contribution < -0.4 is 10.2 Å². The van der Waals surface area contributed by atoms with E-state index < -0.39 is 0 Å². The monoisotopic (exact) mass is 372 g/mol. The minimum absolute atomic E-state index is 0.0532. The van der Waals surface area contributed by atoms with E-state index in [1.165, 1.54) is 0 Å². The largest absolute Gasteiger partial charge is 0.322 e. The van der Waals surface area contributed by atoms with E-state index in [4.69, 9.17) is 0 Å². The van der Waals surface area contributed by atoms with Gasteiger partial charge in [-0.3, -0.25) is 9.59 Å². The van der Waals surface area contributed by atoms with Crippen LogP contribution >= 0.6 is 15.9 Å². The number of rotatable bonds is 4. The minimum Gasteiger partial charge on any atom is -0.322 e. The lowest BCUT2D eigenvalue weighted by molar-refractivity contribution is -0.116. The quantitative estimate of drug-likeness (QED) is 0.873. The highest BCUT2D eigenvalue weighted by molar-refractivity contribution is 9.10. The molecule has 1 aliphatic rings. The molecule has 2 amide bonds. The van der Waals surface area contributed by atoms with Crippen molar-refractivity contribution in [2.45, 2.75) is 25.8 Å². The Morgan fingerprint density at radius 3 is 2.30 bits per heavy atom. The van der Waals surface area contributed by atoms with Crippen LogP contribution in [0.3, 0.4) is 0 Å². The fourth-order valence-electron chi connectivity index (χ4n) is 2.53. The van der Waals surface area contributed by atoms with Crippen LogP contribution in [0.25, 0.3) is 0 Å². The normalized spacial score (nSPS) is 13.5. The van der Waals surface area contributed by atoms with Gasteiger partial charge in [-0.1, -0.05) is 12.1 Å². The lowest BCUT2D eigenvalue weighted by Crippen LogP contribution is -2.30. The minimum atomic E-state index is -0.171. The molecule has 0 unspecified atom stereocenters. The first-order valence-corrected chi connectivity index (χ1v) is 8.31. The molecule has 1 N–H and O–H groups in total. The summed E-state index contributed by atoms with van der Waals surface area (Å²) in [6, 6.07) is 15.0. The molecule has 3 rings (SSSR count). The summed E-state index contributed by atoms with van der Waals surface area (Å²) in [7, 11) is 0. The number of carbonyl (C=O) groups is 2. The van der Waals surface area contributed by atoms with E-state index in [1.54, 1.807) is 13.0 Å². The molecule has 4 nitrogen and oxygen atoms in total. The SMILES string of the molecule is CC(=O)N(c1ccc(NC(=O)c2ccccc2Br)cc1)C1CC1. The predicted octanol–water partition coefficient (Wildman–Crippen LogP) is 4.22. The summed E-state index contributed by atoms with van der Waals surface area (Å²) in [4.78, 5) is 25.9. The van der Waals surface area contributed by atoms with Gasteiger partial charge in [0.2, 0.25) is 5.91 Å². The first-order chi connectivity index (χ1) is 11.1.